The van der Waals surface area contributed by atoms with Gasteiger partial charge in [-0.05, 0) is 61.6 Å². The van der Waals surface area contributed by atoms with E-state index in [0.717, 1.165) is 43.4 Å². The van der Waals surface area contributed by atoms with Crippen molar-refractivity contribution in [1.29, 1.82) is 0 Å². The fraction of sp³-hybridized carbons (Fsp3) is 0.320. The second-order valence-corrected chi connectivity index (χ2v) is 8.77. The van der Waals surface area contributed by atoms with Crippen molar-refractivity contribution in [3.8, 4) is 17.0 Å². The Labute approximate surface area is 190 Å². The lowest BCUT2D eigenvalue weighted by Crippen LogP contribution is -2.31. The van der Waals surface area contributed by atoms with E-state index in [1.54, 1.807) is 24.3 Å². The Hall–Kier alpha value is -3.68. The number of rotatable bonds is 6. The predicted molar refractivity (Wildman–Crippen MR) is 121 cm³/mol. The Morgan fingerprint density at radius 2 is 1.82 bits per heavy atom. The van der Waals surface area contributed by atoms with E-state index in [1.807, 2.05) is 6.07 Å². The summed E-state index contributed by atoms with van der Waals surface area (Å²) in [5.41, 5.74) is 3.10. The van der Waals surface area contributed by atoms with E-state index >= 15 is 0 Å². The molecule has 33 heavy (non-hydrogen) atoms. The lowest BCUT2D eigenvalue weighted by Gasteiger charge is -2.25. The number of nitrogens with zero attached hydrogens (tertiary/aromatic N) is 2. The normalized spacial score (nSPS) is 15.7. The lowest BCUT2D eigenvalue weighted by molar-refractivity contribution is -0.117. The number of halogens is 1. The summed E-state index contributed by atoms with van der Waals surface area (Å²) in [6.45, 7) is 0.249. The third-order valence-corrected chi connectivity index (χ3v) is 6.30. The first-order valence-corrected chi connectivity index (χ1v) is 11.2. The molecule has 5 rings (SSSR count). The summed E-state index contributed by atoms with van der Waals surface area (Å²) in [5, 5.41) is 20.8. The van der Waals surface area contributed by atoms with Crippen molar-refractivity contribution in [2.24, 2.45) is 5.92 Å². The summed E-state index contributed by atoms with van der Waals surface area (Å²) < 4.78 is 14.5. The van der Waals surface area contributed by atoms with Crippen LogP contribution in [0.3, 0.4) is 0 Å². The average Bonchev–Trinajstić information content (AvgIpc) is 3.53. The number of hydrogen-bond donors (Lipinski definition) is 3. The topological polar surface area (TPSA) is 96.3 Å². The van der Waals surface area contributed by atoms with E-state index in [4.69, 9.17) is 0 Å². The third kappa shape index (κ3) is 4.60. The van der Waals surface area contributed by atoms with E-state index in [1.165, 1.54) is 22.9 Å². The molecule has 8 heteroatoms. The zero-order valence-corrected chi connectivity index (χ0v) is 18.1. The molecule has 3 N–H and O–H groups in total. The molecular formula is C25H25FN4O3. The van der Waals surface area contributed by atoms with E-state index in [-0.39, 0.29) is 41.9 Å². The summed E-state index contributed by atoms with van der Waals surface area (Å²) in [4.78, 5) is 24.9. The summed E-state index contributed by atoms with van der Waals surface area (Å²) in [7, 11) is 0. The zero-order chi connectivity index (χ0) is 22.9. The van der Waals surface area contributed by atoms with E-state index in [0.29, 0.717) is 16.9 Å². The second kappa shape index (κ2) is 8.69. The molecule has 2 amide bonds. The Bertz CT molecular complexity index is 1200. The van der Waals surface area contributed by atoms with Crippen LogP contribution in [-0.2, 0) is 11.3 Å². The van der Waals surface area contributed by atoms with Gasteiger partial charge in [0.1, 0.15) is 11.6 Å². The monoisotopic (exact) mass is 448 g/mol. The highest BCUT2D eigenvalue weighted by atomic mass is 19.1. The quantitative estimate of drug-likeness (QED) is 0.506. The highest BCUT2D eigenvalue weighted by molar-refractivity contribution is 5.94. The highest BCUT2D eigenvalue weighted by Gasteiger charge is 2.30. The maximum Gasteiger partial charge on any atom is 0.342 e. The van der Waals surface area contributed by atoms with Gasteiger partial charge in [-0.25, -0.2) is 9.18 Å². The van der Waals surface area contributed by atoms with Crippen molar-refractivity contribution in [1.82, 2.24) is 15.1 Å². The number of phenols is 1. The van der Waals surface area contributed by atoms with Gasteiger partial charge in [-0.2, -0.15) is 9.78 Å². The van der Waals surface area contributed by atoms with Gasteiger partial charge in [0, 0.05) is 35.7 Å². The number of benzene rings is 2. The molecule has 7 nitrogen and oxygen atoms in total. The van der Waals surface area contributed by atoms with E-state index in [9.17, 15) is 19.1 Å². The third-order valence-electron chi connectivity index (χ3n) is 6.30. The fourth-order valence-corrected chi connectivity index (χ4v) is 3.96. The Morgan fingerprint density at radius 1 is 1.06 bits per heavy atom. The summed E-state index contributed by atoms with van der Waals surface area (Å²) in [6.07, 6.45) is 4.87. The van der Waals surface area contributed by atoms with Gasteiger partial charge < -0.3 is 15.7 Å². The summed E-state index contributed by atoms with van der Waals surface area (Å²) in [6, 6.07) is 12.4. The van der Waals surface area contributed by atoms with Gasteiger partial charge in [0.05, 0.1) is 11.4 Å². The zero-order valence-electron chi connectivity index (χ0n) is 18.1. The number of phenolic OH excluding ortho intramolecular Hbond substituents is 1. The van der Waals surface area contributed by atoms with Crippen LogP contribution < -0.4 is 10.6 Å². The number of aromatic hydroxyl groups is 1. The fourth-order valence-electron chi connectivity index (χ4n) is 3.96. The maximum atomic E-state index is 13.1. The molecule has 2 fully saturated rings. The molecule has 0 radical (unpaired) electrons. The van der Waals surface area contributed by atoms with Gasteiger partial charge >= 0.3 is 6.03 Å². The minimum absolute atomic E-state index is 0.0138. The number of nitrogens with one attached hydrogen (secondary N) is 2. The number of carbonyl (C=O) groups excluding carboxylic acids is 2. The molecule has 170 valence electrons. The Balaban J connectivity index is 1.36. The molecule has 1 aromatic heterocycles. The van der Waals surface area contributed by atoms with Crippen molar-refractivity contribution >= 4 is 17.6 Å². The molecular weight excluding hydrogens is 423 g/mol. The largest absolute Gasteiger partial charge is 0.507 e. The molecule has 3 aromatic rings. The second-order valence-electron chi connectivity index (χ2n) is 8.77. The first-order valence-electron chi connectivity index (χ1n) is 11.2. The van der Waals surface area contributed by atoms with Gasteiger partial charge in [-0.3, -0.25) is 4.79 Å². The molecule has 2 aromatic carbocycles. The molecule has 0 atom stereocenters. The van der Waals surface area contributed by atoms with Crippen LogP contribution in [0.1, 0.15) is 49.3 Å². The van der Waals surface area contributed by atoms with Crippen LogP contribution >= 0.6 is 0 Å². The number of amides is 2. The van der Waals surface area contributed by atoms with Crippen molar-refractivity contribution < 1.29 is 19.1 Å². The molecule has 2 aliphatic carbocycles. The van der Waals surface area contributed by atoms with Gasteiger partial charge in [-0.1, -0.05) is 18.6 Å². The van der Waals surface area contributed by atoms with E-state index < -0.39 is 0 Å². The maximum absolute atomic E-state index is 13.1. The predicted octanol–water partition coefficient (Wildman–Crippen LogP) is 4.77. The molecule has 1 heterocycles. The molecule has 2 aliphatic rings. The van der Waals surface area contributed by atoms with Gasteiger partial charge in [-0.15, -0.1) is 0 Å². The Kier molecular flexibility index (Phi) is 5.58. The van der Waals surface area contributed by atoms with Crippen molar-refractivity contribution in [3.63, 3.8) is 0 Å². The van der Waals surface area contributed by atoms with Gasteiger partial charge in [0.2, 0.25) is 5.91 Å². The number of hydrogen-bond acceptors (Lipinski definition) is 4. The van der Waals surface area contributed by atoms with Crippen LogP contribution in [0.15, 0.2) is 48.5 Å². The number of aromatic nitrogens is 2. The van der Waals surface area contributed by atoms with Crippen LogP contribution in [0.2, 0.25) is 0 Å². The van der Waals surface area contributed by atoms with Crippen molar-refractivity contribution in [2.75, 3.05) is 5.32 Å². The minimum atomic E-state index is -0.375. The molecule has 0 aliphatic heterocycles. The van der Waals surface area contributed by atoms with Crippen LogP contribution in [0.4, 0.5) is 14.9 Å². The highest BCUT2D eigenvalue weighted by Crippen LogP contribution is 2.39. The molecule has 0 bridgehead atoms. The molecule has 0 unspecified atom stereocenters. The smallest absolute Gasteiger partial charge is 0.342 e. The van der Waals surface area contributed by atoms with Crippen molar-refractivity contribution in [3.05, 3.63) is 65.6 Å². The Morgan fingerprint density at radius 3 is 2.45 bits per heavy atom. The SMILES string of the molecule is O=C(Nc1ccc(-c2cc(C3CCC3)n(C(=O)NCc3ccc(F)cc3)n2)c(O)c1)C1CC1. The van der Waals surface area contributed by atoms with Crippen molar-refractivity contribution in [2.45, 2.75) is 44.6 Å². The van der Waals surface area contributed by atoms with Crippen LogP contribution in [0.5, 0.6) is 5.75 Å². The van der Waals surface area contributed by atoms with E-state index in [2.05, 4.69) is 15.7 Å². The summed E-state index contributed by atoms with van der Waals surface area (Å²) >= 11 is 0. The van der Waals surface area contributed by atoms with Crippen LogP contribution in [0, 0.1) is 11.7 Å². The number of anilines is 1. The molecule has 2 saturated carbocycles. The first-order chi connectivity index (χ1) is 16.0. The van der Waals surface area contributed by atoms with Gasteiger partial charge in [0.15, 0.2) is 0 Å². The summed E-state index contributed by atoms with van der Waals surface area (Å²) in [5.74, 6) is -0.0633. The van der Waals surface area contributed by atoms with Crippen LogP contribution in [0.25, 0.3) is 11.3 Å². The van der Waals surface area contributed by atoms with Gasteiger partial charge in [0.25, 0.3) is 0 Å². The molecule has 0 saturated heterocycles. The minimum Gasteiger partial charge on any atom is -0.507 e. The lowest BCUT2D eigenvalue weighted by atomic mass is 9.82. The molecule has 0 spiro atoms. The standard InChI is InChI=1S/C25H25FN4O3/c26-18-8-4-15(5-9-18)14-27-25(33)30-22(16-2-1-3-16)13-21(29-30)20-11-10-19(12-23(20)31)28-24(32)17-6-7-17/h4-5,8-13,16-17,31H,1-3,6-7,14H2,(H,27,33)(H,28,32). The van der Waals surface area contributed by atoms with Crippen LogP contribution in [-0.4, -0.2) is 26.8 Å². The number of carbonyl (C=O) groups is 2. The first kappa shape index (κ1) is 21.2. The average molecular weight is 448 g/mol.